The lowest BCUT2D eigenvalue weighted by atomic mass is 10.1. The van der Waals surface area contributed by atoms with Gasteiger partial charge in [-0.25, -0.2) is 0 Å². The minimum absolute atomic E-state index is 0.00132. The molecule has 2 aromatic carbocycles. The molecule has 0 aliphatic carbocycles. The van der Waals surface area contributed by atoms with Crippen LogP contribution in [0.3, 0.4) is 0 Å². The Morgan fingerprint density at radius 2 is 1.89 bits per heavy atom. The normalized spacial score (nSPS) is 16.2. The molecule has 1 N–H and O–H groups in total. The molecule has 1 atom stereocenters. The van der Waals surface area contributed by atoms with Gasteiger partial charge in [0.15, 0.2) is 0 Å². The van der Waals surface area contributed by atoms with E-state index in [-0.39, 0.29) is 30.1 Å². The molecular weight excluding hydrogens is 360 g/mol. The first-order valence-corrected chi connectivity index (χ1v) is 8.78. The van der Waals surface area contributed by atoms with Crippen LogP contribution in [0.2, 0.25) is 0 Å². The zero-order valence-electron chi connectivity index (χ0n) is 15.2. The summed E-state index contributed by atoms with van der Waals surface area (Å²) in [6.07, 6.45) is 0.139. The van der Waals surface area contributed by atoms with E-state index >= 15 is 0 Å². The first kappa shape index (κ1) is 17.7. The number of anilines is 2. The van der Waals surface area contributed by atoms with Crippen molar-refractivity contribution in [2.75, 3.05) is 23.9 Å². The summed E-state index contributed by atoms with van der Waals surface area (Å²) in [7, 11) is 1.59. The molecule has 1 fully saturated rings. The monoisotopic (exact) mass is 378 g/mol. The standard InChI is InChI=1S/C20H18N4O4/c1-27-16-9-7-13(8-10-16)19-22-23-20(28-19)21-18(26)14-11-17(25)24(12-14)15-5-3-2-4-6-15/h2-10,14H,11-12H2,1H3,(H,21,23,26). The van der Waals surface area contributed by atoms with E-state index in [1.807, 2.05) is 30.3 Å². The molecule has 8 heteroatoms. The number of amides is 2. The Morgan fingerprint density at radius 3 is 2.61 bits per heavy atom. The zero-order valence-corrected chi connectivity index (χ0v) is 15.2. The van der Waals surface area contributed by atoms with E-state index in [1.165, 1.54) is 0 Å². The number of methoxy groups -OCH3 is 1. The van der Waals surface area contributed by atoms with Crippen LogP contribution in [0.1, 0.15) is 6.42 Å². The number of aromatic nitrogens is 2. The number of para-hydroxylation sites is 1. The number of ether oxygens (including phenoxy) is 1. The second kappa shape index (κ2) is 7.51. The second-order valence-corrected chi connectivity index (χ2v) is 6.37. The molecule has 142 valence electrons. The average Bonchev–Trinajstić information content (AvgIpc) is 3.35. The molecule has 0 saturated carbocycles. The van der Waals surface area contributed by atoms with Gasteiger partial charge < -0.3 is 14.1 Å². The Balaban J connectivity index is 1.41. The molecule has 0 bridgehead atoms. The van der Waals surface area contributed by atoms with Crippen molar-refractivity contribution in [2.24, 2.45) is 5.92 Å². The van der Waals surface area contributed by atoms with Crippen LogP contribution < -0.4 is 15.0 Å². The van der Waals surface area contributed by atoms with Crippen molar-refractivity contribution in [2.45, 2.75) is 6.42 Å². The Morgan fingerprint density at radius 1 is 1.14 bits per heavy atom. The van der Waals surface area contributed by atoms with Gasteiger partial charge in [-0.2, -0.15) is 0 Å². The number of rotatable bonds is 5. The largest absolute Gasteiger partial charge is 0.497 e. The number of hydrogen-bond acceptors (Lipinski definition) is 6. The van der Waals surface area contributed by atoms with Crippen LogP contribution in [0.4, 0.5) is 11.7 Å². The van der Waals surface area contributed by atoms with Crippen molar-refractivity contribution in [1.82, 2.24) is 10.2 Å². The van der Waals surface area contributed by atoms with Crippen molar-refractivity contribution in [3.63, 3.8) is 0 Å². The van der Waals surface area contributed by atoms with Crippen LogP contribution in [0, 0.1) is 5.92 Å². The maximum Gasteiger partial charge on any atom is 0.322 e. The van der Waals surface area contributed by atoms with Crippen LogP contribution in [-0.4, -0.2) is 35.7 Å². The molecule has 8 nitrogen and oxygen atoms in total. The van der Waals surface area contributed by atoms with Crippen LogP contribution in [0.5, 0.6) is 5.75 Å². The molecular formula is C20H18N4O4. The summed E-state index contributed by atoms with van der Waals surface area (Å²) in [5, 5.41) is 10.4. The maximum atomic E-state index is 12.5. The highest BCUT2D eigenvalue weighted by Gasteiger charge is 2.35. The van der Waals surface area contributed by atoms with Gasteiger partial charge in [-0.05, 0) is 36.4 Å². The summed E-state index contributed by atoms with van der Waals surface area (Å²) < 4.78 is 10.6. The van der Waals surface area contributed by atoms with Crippen molar-refractivity contribution >= 4 is 23.5 Å². The summed E-state index contributed by atoms with van der Waals surface area (Å²) in [5.74, 6) is 0.105. The highest BCUT2D eigenvalue weighted by Crippen LogP contribution is 2.26. The lowest BCUT2D eigenvalue weighted by Crippen LogP contribution is -2.28. The Hall–Kier alpha value is -3.68. The minimum atomic E-state index is -0.482. The van der Waals surface area contributed by atoms with Crippen molar-refractivity contribution < 1.29 is 18.7 Å². The maximum absolute atomic E-state index is 12.5. The SMILES string of the molecule is COc1ccc(-c2nnc(NC(=O)C3CC(=O)N(c4ccccc4)C3)o2)cc1. The highest BCUT2D eigenvalue weighted by molar-refractivity contribution is 6.02. The molecule has 1 saturated heterocycles. The fraction of sp³-hybridized carbons (Fsp3) is 0.200. The molecule has 0 radical (unpaired) electrons. The van der Waals surface area contributed by atoms with Gasteiger partial charge in [0.2, 0.25) is 17.7 Å². The van der Waals surface area contributed by atoms with Crippen LogP contribution in [0.15, 0.2) is 59.0 Å². The summed E-state index contributed by atoms with van der Waals surface area (Å²) in [5.41, 5.74) is 1.49. The smallest absolute Gasteiger partial charge is 0.322 e. The van der Waals surface area contributed by atoms with Crippen LogP contribution in [-0.2, 0) is 9.59 Å². The number of nitrogens with one attached hydrogen (secondary N) is 1. The molecule has 1 unspecified atom stereocenters. The van der Waals surface area contributed by atoms with Gasteiger partial charge >= 0.3 is 6.01 Å². The molecule has 1 aliphatic heterocycles. The Labute approximate surface area is 161 Å². The first-order valence-electron chi connectivity index (χ1n) is 8.78. The average molecular weight is 378 g/mol. The van der Waals surface area contributed by atoms with Gasteiger partial charge in [0.05, 0.1) is 13.0 Å². The predicted molar refractivity (Wildman–Crippen MR) is 102 cm³/mol. The van der Waals surface area contributed by atoms with Crippen molar-refractivity contribution in [3.05, 3.63) is 54.6 Å². The van der Waals surface area contributed by atoms with E-state index in [0.29, 0.717) is 17.9 Å². The fourth-order valence-electron chi connectivity index (χ4n) is 3.07. The third-order valence-corrected chi connectivity index (χ3v) is 4.56. The zero-order chi connectivity index (χ0) is 19.5. The quantitative estimate of drug-likeness (QED) is 0.733. The van der Waals surface area contributed by atoms with E-state index < -0.39 is 5.92 Å². The van der Waals surface area contributed by atoms with Crippen molar-refractivity contribution in [3.8, 4) is 17.2 Å². The summed E-state index contributed by atoms with van der Waals surface area (Å²) >= 11 is 0. The van der Waals surface area contributed by atoms with Gasteiger partial charge in [-0.1, -0.05) is 23.3 Å². The molecule has 4 rings (SSSR count). The van der Waals surface area contributed by atoms with E-state index in [4.69, 9.17) is 9.15 Å². The number of carbonyl (C=O) groups excluding carboxylic acids is 2. The second-order valence-electron chi connectivity index (χ2n) is 6.37. The Kier molecular flexibility index (Phi) is 4.76. The molecule has 3 aromatic rings. The highest BCUT2D eigenvalue weighted by atomic mass is 16.5. The lowest BCUT2D eigenvalue weighted by molar-refractivity contribution is -0.122. The molecule has 2 heterocycles. The van der Waals surface area contributed by atoms with Gasteiger partial charge in [-0.3, -0.25) is 14.9 Å². The molecule has 2 amide bonds. The summed E-state index contributed by atoms with van der Waals surface area (Å²) in [6.45, 7) is 0.314. The van der Waals surface area contributed by atoms with Gasteiger partial charge in [0.25, 0.3) is 0 Å². The molecule has 0 spiro atoms. The van der Waals surface area contributed by atoms with Gasteiger partial charge in [-0.15, -0.1) is 5.10 Å². The van der Waals surface area contributed by atoms with E-state index in [1.54, 1.807) is 36.3 Å². The number of nitrogens with zero attached hydrogens (tertiary/aromatic N) is 3. The van der Waals surface area contributed by atoms with Crippen molar-refractivity contribution in [1.29, 1.82) is 0 Å². The molecule has 1 aliphatic rings. The lowest BCUT2D eigenvalue weighted by Gasteiger charge is -2.16. The molecule has 28 heavy (non-hydrogen) atoms. The third-order valence-electron chi connectivity index (χ3n) is 4.56. The first-order chi connectivity index (χ1) is 13.6. The fourth-order valence-corrected chi connectivity index (χ4v) is 3.07. The minimum Gasteiger partial charge on any atom is -0.497 e. The molecule has 1 aromatic heterocycles. The van der Waals surface area contributed by atoms with Crippen LogP contribution in [0.25, 0.3) is 11.5 Å². The number of hydrogen-bond donors (Lipinski definition) is 1. The predicted octanol–water partition coefficient (Wildman–Crippen LogP) is 2.74. The van der Waals surface area contributed by atoms with Gasteiger partial charge in [0.1, 0.15) is 5.75 Å². The topological polar surface area (TPSA) is 97.6 Å². The number of carbonyl (C=O) groups is 2. The summed E-state index contributed by atoms with van der Waals surface area (Å²) in [6, 6.07) is 16.4. The van der Waals surface area contributed by atoms with E-state index in [0.717, 1.165) is 5.69 Å². The summed E-state index contributed by atoms with van der Waals surface area (Å²) in [4.78, 5) is 26.4. The number of benzene rings is 2. The third kappa shape index (κ3) is 3.57. The van der Waals surface area contributed by atoms with Gasteiger partial charge in [0, 0.05) is 24.2 Å². The van der Waals surface area contributed by atoms with E-state index in [2.05, 4.69) is 15.5 Å². The Bertz CT molecular complexity index is 985. The van der Waals surface area contributed by atoms with E-state index in [9.17, 15) is 9.59 Å². The van der Waals surface area contributed by atoms with Crippen LogP contribution >= 0.6 is 0 Å².